The molecule has 2 aromatic rings. The first-order valence-electron chi connectivity index (χ1n) is 8.71. The van der Waals surface area contributed by atoms with Gasteiger partial charge in [0.05, 0.1) is 22.1 Å². The molecule has 1 aliphatic heterocycles. The van der Waals surface area contributed by atoms with Crippen molar-refractivity contribution in [2.75, 3.05) is 25.5 Å². The first-order chi connectivity index (χ1) is 13.3. The molecule has 1 N–H and O–H groups in total. The lowest BCUT2D eigenvalue weighted by molar-refractivity contribution is -0.120. The van der Waals surface area contributed by atoms with E-state index in [0.717, 1.165) is 0 Å². The van der Waals surface area contributed by atoms with Gasteiger partial charge in [-0.05, 0) is 55.3 Å². The fraction of sp³-hybridized carbons (Fsp3) is 0.316. The second kappa shape index (κ2) is 8.69. The van der Waals surface area contributed by atoms with Gasteiger partial charge in [-0.25, -0.2) is 8.42 Å². The number of ether oxygens (including phenoxy) is 1. The maximum atomic E-state index is 12.8. The summed E-state index contributed by atoms with van der Waals surface area (Å²) in [7, 11) is -2.07. The molecule has 9 heteroatoms. The highest BCUT2D eigenvalue weighted by atomic mass is 35.5. The molecule has 0 aliphatic carbocycles. The van der Waals surface area contributed by atoms with Gasteiger partial charge in [0.25, 0.3) is 0 Å². The molecular weight excluding hydrogens is 423 g/mol. The van der Waals surface area contributed by atoms with Crippen LogP contribution in [-0.4, -0.2) is 38.8 Å². The third kappa shape index (κ3) is 4.60. The number of methoxy groups -OCH3 is 1. The largest absolute Gasteiger partial charge is 0.497 e. The van der Waals surface area contributed by atoms with E-state index in [2.05, 4.69) is 5.32 Å². The molecule has 1 heterocycles. The Balaban J connectivity index is 1.61. The molecule has 150 valence electrons. The van der Waals surface area contributed by atoms with Crippen LogP contribution in [0.3, 0.4) is 0 Å². The zero-order valence-corrected chi connectivity index (χ0v) is 17.5. The van der Waals surface area contributed by atoms with E-state index in [-0.39, 0.29) is 29.8 Å². The van der Waals surface area contributed by atoms with E-state index in [0.29, 0.717) is 34.3 Å². The van der Waals surface area contributed by atoms with Crippen molar-refractivity contribution in [3.8, 4) is 5.75 Å². The molecule has 0 atom stereocenters. The van der Waals surface area contributed by atoms with Crippen LogP contribution in [0.25, 0.3) is 0 Å². The zero-order valence-electron chi connectivity index (χ0n) is 15.2. The Kier molecular flexibility index (Phi) is 6.50. The topological polar surface area (TPSA) is 75.7 Å². The Bertz CT molecular complexity index is 956. The summed E-state index contributed by atoms with van der Waals surface area (Å²) >= 11 is 11.8. The second-order valence-electron chi connectivity index (χ2n) is 6.47. The predicted molar refractivity (Wildman–Crippen MR) is 110 cm³/mol. The molecule has 28 heavy (non-hydrogen) atoms. The Morgan fingerprint density at radius 1 is 1.07 bits per heavy atom. The van der Waals surface area contributed by atoms with Gasteiger partial charge in [0.15, 0.2) is 0 Å². The number of piperidine rings is 1. The van der Waals surface area contributed by atoms with Crippen LogP contribution in [0, 0.1) is 5.92 Å². The van der Waals surface area contributed by atoms with Gasteiger partial charge in [0.2, 0.25) is 15.9 Å². The Morgan fingerprint density at radius 2 is 1.71 bits per heavy atom. The maximum Gasteiger partial charge on any atom is 0.243 e. The highest BCUT2D eigenvalue weighted by Crippen LogP contribution is 2.28. The number of benzene rings is 2. The van der Waals surface area contributed by atoms with E-state index in [4.69, 9.17) is 27.9 Å². The number of anilines is 1. The van der Waals surface area contributed by atoms with Crippen molar-refractivity contribution in [2.24, 2.45) is 5.92 Å². The third-order valence-corrected chi connectivity index (χ3v) is 7.36. The van der Waals surface area contributed by atoms with Gasteiger partial charge in [0, 0.05) is 24.7 Å². The molecule has 0 saturated carbocycles. The number of halogens is 2. The number of rotatable bonds is 5. The Morgan fingerprint density at radius 3 is 2.29 bits per heavy atom. The summed E-state index contributed by atoms with van der Waals surface area (Å²) in [5.74, 6) is 0.174. The van der Waals surface area contributed by atoms with Crippen LogP contribution in [0.1, 0.15) is 12.8 Å². The Hall–Kier alpha value is -1.80. The molecule has 0 aromatic heterocycles. The lowest BCUT2D eigenvalue weighted by Crippen LogP contribution is -2.41. The number of hydrogen-bond acceptors (Lipinski definition) is 4. The van der Waals surface area contributed by atoms with Crippen molar-refractivity contribution in [2.45, 2.75) is 17.7 Å². The van der Waals surface area contributed by atoms with Gasteiger partial charge >= 0.3 is 0 Å². The normalized spacial score (nSPS) is 16.0. The number of carbonyl (C=O) groups excluding carboxylic acids is 1. The minimum Gasteiger partial charge on any atom is -0.497 e. The molecule has 0 radical (unpaired) electrons. The molecule has 6 nitrogen and oxygen atoms in total. The standard InChI is InChI=1S/C19H20Cl2N2O4S/c1-27-15-3-5-16(6-4-15)28(25,26)23-10-8-13(9-11-23)19(24)22-14-2-7-17(20)18(21)12-14/h2-7,12-13H,8-11H2,1H3,(H,22,24). The van der Waals surface area contributed by atoms with Crippen molar-refractivity contribution in [3.05, 3.63) is 52.5 Å². The van der Waals surface area contributed by atoms with Crippen LogP contribution < -0.4 is 10.1 Å². The molecule has 1 saturated heterocycles. The van der Waals surface area contributed by atoms with E-state index < -0.39 is 10.0 Å². The number of hydrogen-bond donors (Lipinski definition) is 1. The fourth-order valence-electron chi connectivity index (χ4n) is 3.07. The van der Waals surface area contributed by atoms with Crippen LogP contribution in [0.2, 0.25) is 10.0 Å². The molecule has 1 fully saturated rings. The first-order valence-corrected chi connectivity index (χ1v) is 10.9. The van der Waals surface area contributed by atoms with Crippen LogP contribution in [0.4, 0.5) is 5.69 Å². The van der Waals surface area contributed by atoms with Gasteiger partial charge in [-0.15, -0.1) is 0 Å². The smallest absolute Gasteiger partial charge is 0.243 e. The maximum absolute atomic E-state index is 12.8. The van der Waals surface area contributed by atoms with Crippen molar-refractivity contribution >= 4 is 44.8 Å². The third-order valence-electron chi connectivity index (χ3n) is 4.71. The van der Waals surface area contributed by atoms with Crippen LogP contribution in [-0.2, 0) is 14.8 Å². The average molecular weight is 443 g/mol. The lowest BCUT2D eigenvalue weighted by Gasteiger charge is -2.30. The molecule has 0 unspecified atom stereocenters. The zero-order chi connectivity index (χ0) is 20.3. The summed E-state index contributed by atoms with van der Waals surface area (Å²) in [6.45, 7) is 0.571. The van der Waals surface area contributed by atoms with Crippen molar-refractivity contribution in [3.63, 3.8) is 0 Å². The number of nitrogens with zero attached hydrogens (tertiary/aromatic N) is 1. The number of nitrogens with one attached hydrogen (secondary N) is 1. The quantitative estimate of drug-likeness (QED) is 0.757. The van der Waals surface area contributed by atoms with Crippen LogP contribution >= 0.6 is 23.2 Å². The van der Waals surface area contributed by atoms with Gasteiger partial charge < -0.3 is 10.1 Å². The monoisotopic (exact) mass is 442 g/mol. The molecular formula is C19H20Cl2N2O4S. The number of sulfonamides is 1. The van der Waals surface area contributed by atoms with Gasteiger partial charge in [-0.1, -0.05) is 23.2 Å². The lowest BCUT2D eigenvalue weighted by atomic mass is 9.97. The second-order valence-corrected chi connectivity index (χ2v) is 9.22. The van der Waals surface area contributed by atoms with Gasteiger partial charge in [0.1, 0.15) is 5.75 Å². The van der Waals surface area contributed by atoms with E-state index in [1.165, 1.54) is 23.5 Å². The summed E-state index contributed by atoms with van der Waals surface area (Å²) in [5.41, 5.74) is 0.563. The molecule has 1 amide bonds. The van der Waals surface area contributed by atoms with Crippen molar-refractivity contribution < 1.29 is 17.9 Å². The van der Waals surface area contributed by atoms with Gasteiger partial charge in [-0.3, -0.25) is 4.79 Å². The first kappa shape index (κ1) is 20.9. The minimum atomic E-state index is -3.59. The highest BCUT2D eigenvalue weighted by Gasteiger charge is 2.32. The van der Waals surface area contributed by atoms with Crippen molar-refractivity contribution in [1.29, 1.82) is 0 Å². The van der Waals surface area contributed by atoms with E-state index in [9.17, 15) is 13.2 Å². The predicted octanol–water partition coefficient (Wildman–Crippen LogP) is 4.04. The molecule has 3 rings (SSSR count). The molecule has 0 spiro atoms. The SMILES string of the molecule is COc1ccc(S(=O)(=O)N2CCC(C(=O)Nc3ccc(Cl)c(Cl)c3)CC2)cc1. The minimum absolute atomic E-state index is 0.153. The van der Waals surface area contributed by atoms with Crippen LogP contribution in [0.5, 0.6) is 5.75 Å². The van der Waals surface area contributed by atoms with Crippen molar-refractivity contribution in [1.82, 2.24) is 4.31 Å². The molecule has 0 bridgehead atoms. The number of carbonyl (C=O) groups is 1. The molecule has 1 aliphatic rings. The fourth-order valence-corrected chi connectivity index (χ4v) is 4.84. The van der Waals surface area contributed by atoms with Crippen LogP contribution in [0.15, 0.2) is 47.4 Å². The number of amides is 1. The summed E-state index contributed by atoms with van der Waals surface area (Å²) in [6.07, 6.45) is 0.894. The summed E-state index contributed by atoms with van der Waals surface area (Å²) in [5, 5.41) is 3.59. The molecule has 2 aromatic carbocycles. The summed E-state index contributed by atoms with van der Waals surface area (Å²) < 4.78 is 32.0. The Labute approximate surface area is 174 Å². The average Bonchev–Trinajstić information content (AvgIpc) is 2.71. The van der Waals surface area contributed by atoms with E-state index in [1.54, 1.807) is 30.3 Å². The summed E-state index contributed by atoms with van der Waals surface area (Å²) in [6, 6.07) is 11.2. The summed E-state index contributed by atoms with van der Waals surface area (Å²) in [4.78, 5) is 12.7. The highest BCUT2D eigenvalue weighted by molar-refractivity contribution is 7.89. The van der Waals surface area contributed by atoms with E-state index in [1.807, 2.05) is 0 Å². The van der Waals surface area contributed by atoms with Gasteiger partial charge in [-0.2, -0.15) is 4.31 Å². The van der Waals surface area contributed by atoms with E-state index >= 15 is 0 Å².